The molecule has 1 heteroatoms. The molecule has 0 aromatic rings. The van der Waals surface area contributed by atoms with Gasteiger partial charge >= 0.3 is 0 Å². The summed E-state index contributed by atoms with van der Waals surface area (Å²) >= 11 is 0. The van der Waals surface area contributed by atoms with Crippen LogP contribution in [0.2, 0.25) is 0 Å². The molecule has 2 aliphatic rings. The van der Waals surface area contributed by atoms with Crippen LogP contribution in [-0.2, 0) is 4.79 Å². The molecule has 0 aromatic carbocycles. The van der Waals surface area contributed by atoms with Crippen molar-refractivity contribution in [1.82, 2.24) is 0 Å². The molecule has 0 spiro atoms. The summed E-state index contributed by atoms with van der Waals surface area (Å²) in [6.45, 7) is 0. The third-order valence-corrected chi connectivity index (χ3v) is 1.21. The third kappa shape index (κ3) is 3.95. The number of allylic oxidation sites excluding steroid dienone is 2. The van der Waals surface area contributed by atoms with Crippen LogP contribution in [0, 0.1) is 0 Å². The summed E-state index contributed by atoms with van der Waals surface area (Å²) in [5.41, 5.74) is 0. The molecule has 0 atom stereocenters. The molecule has 9 heavy (non-hydrogen) atoms. The van der Waals surface area contributed by atoms with Crippen LogP contribution in [0.3, 0.4) is 0 Å². The summed E-state index contributed by atoms with van der Waals surface area (Å²) in [5.74, 6) is 0.343. The number of ketones is 1. The van der Waals surface area contributed by atoms with Crippen LogP contribution in [0.25, 0.3) is 0 Å². The number of hydrogen-bond donors (Lipinski definition) is 0. The zero-order chi connectivity index (χ0) is 6.53. The normalized spacial score (nSPS) is 21.1. The van der Waals surface area contributed by atoms with Crippen LogP contribution in [0.4, 0.5) is 0 Å². The van der Waals surface area contributed by atoms with Gasteiger partial charge in [0.25, 0.3) is 0 Å². The second-order valence-corrected chi connectivity index (χ2v) is 2.48. The Balaban J connectivity index is 0.000000112. The molecule has 0 aliphatic heterocycles. The minimum atomic E-state index is 0.343. The van der Waals surface area contributed by atoms with Crippen LogP contribution in [0.5, 0.6) is 0 Å². The van der Waals surface area contributed by atoms with Crippen molar-refractivity contribution in [3.8, 4) is 0 Å². The van der Waals surface area contributed by atoms with Crippen molar-refractivity contribution in [2.45, 2.75) is 32.1 Å². The van der Waals surface area contributed by atoms with E-state index in [0.717, 1.165) is 0 Å². The van der Waals surface area contributed by atoms with Gasteiger partial charge in [0.2, 0.25) is 0 Å². The van der Waals surface area contributed by atoms with Gasteiger partial charge in [-0.2, -0.15) is 0 Å². The predicted octanol–water partition coefficient (Wildman–Crippen LogP) is 2.08. The van der Waals surface area contributed by atoms with Gasteiger partial charge in [-0.25, -0.2) is 0 Å². The predicted molar refractivity (Wildman–Crippen MR) is 37.2 cm³/mol. The first kappa shape index (κ1) is 6.53. The Labute approximate surface area is 55.8 Å². The van der Waals surface area contributed by atoms with Crippen molar-refractivity contribution in [2.75, 3.05) is 0 Å². The Kier molecular flexibility index (Phi) is 2.49. The molecule has 0 N–H and O–H groups in total. The van der Waals surface area contributed by atoms with E-state index in [0.29, 0.717) is 18.6 Å². The molecule has 1 fully saturated rings. The first-order valence-corrected chi connectivity index (χ1v) is 3.56. The third-order valence-electron chi connectivity index (χ3n) is 1.21. The van der Waals surface area contributed by atoms with E-state index in [1.165, 1.54) is 19.3 Å². The first-order valence-electron chi connectivity index (χ1n) is 3.56. The molecule has 2 aliphatic carbocycles. The molecular weight excluding hydrogens is 112 g/mol. The van der Waals surface area contributed by atoms with Gasteiger partial charge in [0.1, 0.15) is 5.78 Å². The lowest BCUT2D eigenvalue weighted by molar-refractivity contribution is -0.116. The second kappa shape index (κ2) is 3.44. The number of carbonyl (C=O) groups is 1. The summed E-state index contributed by atoms with van der Waals surface area (Å²) in [7, 11) is 0. The van der Waals surface area contributed by atoms with E-state index in [-0.39, 0.29) is 0 Å². The molecule has 1 saturated carbocycles. The summed E-state index contributed by atoms with van der Waals surface area (Å²) in [6, 6.07) is 0. The van der Waals surface area contributed by atoms with Crippen molar-refractivity contribution in [3.63, 3.8) is 0 Å². The number of hydrogen-bond acceptors (Lipinski definition) is 1. The molecular formula is C8H12O. The highest BCUT2D eigenvalue weighted by Crippen LogP contribution is 2.14. The van der Waals surface area contributed by atoms with Crippen molar-refractivity contribution in [3.05, 3.63) is 12.2 Å². The van der Waals surface area contributed by atoms with E-state index in [2.05, 4.69) is 0 Å². The van der Waals surface area contributed by atoms with Gasteiger partial charge in [-0.05, 0) is 0 Å². The minimum absolute atomic E-state index is 0.343. The Bertz CT molecular complexity index is 110. The smallest absolute Gasteiger partial charge is 0.140 e. The zero-order valence-electron chi connectivity index (χ0n) is 5.60. The first-order chi connectivity index (χ1) is 4.39. The molecule has 1 nitrogen and oxygen atoms in total. The monoisotopic (exact) mass is 124 g/mol. The zero-order valence-corrected chi connectivity index (χ0v) is 5.60. The fraction of sp³-hybridized carbons (Fsp3) is 0.625. The average molecular weight is 124 g/mol. The standard InChI is InChI=1S/C5H6O.C3H6/c6-5-3-1-2-4-5;1-2-3-1/h1-2H,3-4H2;1-3H2. The van der Waals surface area contributed by atoms with Crippen LogP contribution < -0.4 is 0 Å². The van der Waals surface area contributed by atoms with Gasteiger partial charge in [-0.1, -0.05) is 31.4 Å². The number of rotatable bonds is 0. The topological polar surface area (TPSA) is 17.1 Å². The van der Waals surface area contributed by atoms with E-state index in [1.807, 2.05) is 12.2 Å². The van der Waals surface area contributed by atoms with Crippen LogP contribution >= 0.6 is 0 Å². The summed E-state index contributed by atoms with van der Waals surface area (Å²) < 4.78 is 0. The summed E-state index contributed by atoms with van der Waals surface area (Å²) in [6.07, 6.45) is 9.64. The van der Waals surface area contributed by atoms with Gasteiger partial charge in [-0.3, -0.25) is 4.79 Å². The van der Waals surface area contributed by atoms with E-state index in [1.54, 1.807) is 0 Å². The molecule has 0 unspecified atom stereocenters. The molecule has 0 bridgehead atoms. The van der Waals surface area contributed by atoms with Crippen molar-refractivity contribution < 1.29 is 4.79 Å². The Morgan fingerprint density at radius 3 is 1.56 bits per heavy atom. The highest BCUT2D eigenvalue weighted by molar-refractivity contribution is 5.83. The Hall–Kier alpha value is -0.590. The highest BCUT2D eigenvalue weighted by Gasteiger charge is 1.99. The Morgan fingerprint density at radius 1 is 1.00 bits per heavy atom. The minimum Gasteiger partial charge on any atom is -0.299 e. The van der Waals surface area contributed by atoms with E-state index < -0.39 is 0 Å². The maximum absolute atomic E-state index is 10.2. The van der Waals surface area contributed by atoms with Gasteiger partial charge in [-0.15, -0.1) is 0 Å². The number of carbonyl (C=O) groups excluding carboxylic acids is 1. The highest BCUT2D eigenvalue weighted by atomic mass is 16.1. The van der Waals surface area contributed by atoms with Gasteiger partial charge < -0.3 is 0 Å². The van der Waals surface area contributed by atoms with Gasteiger partial charge in [0.15, 0.2) is 0 Å². The molecule has 50 valence electrons. The lowest BCUT2D eigenvalue weighted by atomic mass is 10.3. The van der Waals surface area contributed by atoms with Gasteiger partial charge in [0, 0.05) is 12.8 Å². The maximum atomic E-state index is 10.2. The van der Waals surface area contributed by atoms with Gasteiger partial charge in [0.05, 0.1) is 0 Å². The molecule has 0 heterocycles. The molecule has 0 aromatic heterocycles. The maximum Gasteiger partial charge on any atom is 0.140 e. The Morgan fingerprint density at radius 2 is 1.44 bits per heavy atom. The van der Waals surface area contributed by atoms with E-state index >= 15 is 0 Å². The fourth-order valence-electron chi connectivity index (χ4n) is 0.513. The quantitative estimate of drug-likeness (QED) is 0.452. The average Bonchev–Trinajstić information content (AvgIpc) is 2.64. The van der Waals surface area contributed by atoms with E-state index in [9.17, 15) is 4.79 Å². The van der Waals surface area contributed by atoms with Crippen molar-refractivity contribution in [2.24, 2.45) is 0 Å². The lowest BCUT2D eigenvalue weighted by Crippen LogP contribution is -1.83. The summed E-state index contributed by atoms with van der Waals surface area (Å²) in [5, 5.41) is 0. The molecule has 0 radical (unpaired) electrons. The summed E-state index contributed by atoms with van der Waals surface area (Å²) in [4.78, 5) is 10.2. The number of Topliss-reactive ketones (excluding diaryl/α,β-unsaturated/α-hetero) is 1. The van der Waals surface area contributed by atoms with Crippen molar-refractivity contribution >= 4 is 5.78 Å². The fourth-order valence-corrected chi connectivity index (χ4v) is 0.513. The SMILES string of the molecule is C1CC1.O=C1CC=CC1. The van der Waals surface area contributed by atoms with Crippen LogP contribution in [0.1, 0.15) is 32.1 Å². The van der Waals surface area contributed by atoms with E-state index in [4.69, 9.17) is 0 Å². The second-order valence-electron chi connectivity index (χ2n) is 2.48. The molecule has 2 rings (SSSR count). The van der Waals surface area contributed by atoms with Crippen molar-refractivity contribution in [1.29, 1.82) is 0 Å². The lowest BCUT2D eigenvalue weighted by Gasteiger charge is -1.72. The van der Waals surface area contributed by atoms with Crippen LogP contribution in [0.15, 0.2) is 12.2 Å². The largest absolute Gasteiger partial charge is 0.299 e. The molecule has 0 amide bonds. The van der Waals surface area contributed by atoms with Crippen LogP contribution in [-0.4, -0.2) is 5.78 Å². The molecule has 0 saturated heterocycles.